The van der Waals surface area contributed by atoms with E-state index in [9.17, 15) is 12.8 Å². The first-order chi connectivity index (χ1) is 9.29. The van der Waals surface area contributed by atoms with Crippen molar-refractivity contribution >= 4 is 50.5 Å². The van der Waals surface area contributed by atoms with E-state index in [2.05, 4.69) is 9.71 Å². The number of pyridine rings is 1. The van der Waals surface area contributed by atoms with Gasteiger partial charge in [-0.3, -0.25) is 4.72 Å². The Bertz CT molecular complexity index is 728. The SMILES string of the molecule is O=S(=O)(Nc1ccc(F)nc1)c1c(Cl)cc(Cl)cc1Cl. The lowest BCUT2D eigenvalue weighted by Gasteiger charge is -2.11. The van der Waals surface area contributed by atoms with Crippen molar-refractivity contribution in [3.8, 4) is 0 Å². The molecule has 0 bridgehead atoms. The normalized spacial score (nSPS) is 11.4. The standard InChI is InChI=1S/C11H6Cl3FN2O2S/c12-6-3-8(13)11(9(14)4-6)20(18,19)17-7-1-2-10(15)16-5-7/h1-5,17H. The Labute approximate surface area is 129 Å². The molecule has 1 aromatic heterocycles. The summed E-state index contributed by atoms with van der Waals surface area (Å²) in [6.07, 6.45) is 1.03. The molecule has 2 rings (SSSR count). The molecule has 0 amide bonds. The lowest BCUT2D eigenvalue weighted by Crippen LogP contribution is -2.14. The summed E-state index contributed by atoms with van der Waals surface area (Å²) in [4.78, 5) is 3.02. The van der Waals surface area contributed by atoms with Crippen LogP contribution in [0.3, 0.4) is 0 Å². The quantitative estimate of drug-likeness (QED) is 0.847. The number of sulfonamides is 1. The molecule has 0 spiro atoms. The fraction of sp³-hybridized carbons (Fsp3) is 0. The second-order valence-corrected chi connectivity index (χ2v) is 6.54. The molecule has 1 aromatic carbocycles. The van der Waals surface area contributed by atoms with E-state index in [0.29, 0.717) is 0 Å². The van der Waals surface area contributed by atoms with E-state index in [4.69, 9.17) is 34.8 Å². The Balaban J connectivity index is 2.43. The van der Waals surface area contributed by atoms with Gasteiger partial charge in [0.1, 0.15) is 4.90 Å². The van der Waals surface area contributed by atoms with Crippen LogP contribution in [0.5, 0.6) is 0 Å². The molecule has 0 unspecified atom stereocenters. The average molecular weight is 356 g/mol. The van der Waals surface area contributed by atoms with E-state index in [1.54, 1.807) is 0 Å². The Kier molecular flexibility index (Phi) is 4.39. The van der Waals surface area contributed by atoms with Gasteiger partial charge in [-0.05, 0) is 24.3 Å². The highest BCUT2D eigenvalue weighted by Gasteiger charge is 2.22. The number of nitrogens with one attached hydrogen (secondary N) is 1. The number of hydrogen-bond donors (Lipinski definition) is 1. The first kappa shape index (κ1) is 15.3. The van der Waals surface area contributed by atoms with E-state index in [-0.39, 0.29) is 25.7 Å². The van der Waals surface area contributed by atoms with Crippen molar-refractivity contribution in [3.63, 3.8) is 0 Å². The van der Waals surface area contributed by atoms with Gasteiger partial charge in [0.25, 0.3) is 10.0 Å². The summed E-state index contributed by atoms with van der Waals surface area (Å²) in [6, 6.07) is 4.75. The van der Waals surface area contributed by atoms with Crippen molar-refractivity contribution in [3.05, 3.63) is 51.5 Å². The minimum atomic E-state index is -4.04. The Hall–Kier alpha value is -1.08. The van der Waals surface area contributed by atoms with Crippen LogP contribution in [0.15, 0.2) is 35.4 Å². The molecule has 1 heterocycles. The molecule has 0 fully saturated rings. The second-order valence-electron chi connectivity index (χ2n) is 3.67. The van der Waals surface area contributed by atoms with Gasteiger partial charge < -0.3 is 0 Å². The highest BCUT2D eigenvalue weighted by atomic mass is 35.5. The first-order valence-corrected chi connectivity index (χ1v) is 7.70. The topological polar surface area (TPSA) is 59.1 Å². The number of anilines is 1. The molecule has 0 aliphatic heterocycles. The zero-order valence-electron chi connectivity index (χ0n) is 9.57. The molecular formula is C11H6Cl3FN2O2S. The zero-order chi connectivity index (χ0) is 14.9. The van der Waals surface area contributed by atoms with Crippen molar-refractivity contribution in [2.75, 3.05) is 4.72 Å². The van der Waals surface area contributed by atoms with Gasteiger partial charge in [0, 0.05) is 5.02 Å². The lowest BCUT2D eigenvalue weighted by atomic mass is 10.4. The van der Waals surface area contributed by atoms with Crippen LogP contribution in [-0.2, 0) is 10.0 Å². The summed E-state index contributed by atoms with van der Waals surface area (Å²) in [5, 5.41) is -0.0301. The van der Waals surface area contributed by atoms with E-state index in [0.717, 1.165) is 12.3 Å². The summed E-state index contributed by atoms with van der Waals surface area (Å²) in [6.45, 7) is 0. The summed E-state index contributed by atoms with van der Waals surface area (Å²) >= 11 is 17.4. The van der Waals surface area contributed by atoms with E-state index in [1.165, 1.54) is 18.2 Å². The van der Waals surface area contributed by atoms with Crippen molar-refractivity contribution in [1.29, 1.82) is 0 Å². The van der Waals surface area contributed by atoms with Crippen molar-refractivity contribution in [2.45, 2.75) is 4.90 Å². The molecule has 0 saturated heterocycles. The molecule has 0 radical (unpaired) electrons. The Morgan fingerprint density at radius 3 is 2.20 bits per heavy atom. The minimum Gasteiger partial charge on any atom is -0.278 e. The van der Waals surface area contributed by atoms with Crippen LogP contribution in [0.2, 0.25) is 15.1 Å². The van der Waals surface area contributed by atoms with E-state index >= 15 is 0 Å². The molecule has 0 aliphatic carbocycles. The maximum Gasteiger partial charge on any atom is 0.264 e. The molecule has 4 nitrogen and oxygen atoms in total. The molecule has 2 aromatic rings. The van der Waals surface area contributed by atoms with Crippen LogP contribution in [0, 0.1) is 5.95 Å². The monoisotopic (exact) mass is 354 g/mol. The molecular weight excluding hydrogens is 350 g/mol. The fourth-order valence-electron chi connectivity index (χ4n) is 1.43. The molecule has 0 saturated carbocycles. The third kappa shape index (κ3) is 3.32. The molecule has 1 N–H and O–H groups in total. The Morgan fingerprint density at radius 2 is 1.70 bits per heavy atom. The summed E-state index contributed by atoms with van der Waals surface area (Å²) in [7, 11) is -4.04. The van der Waals surface area contributed by atoms with E-state index < -0.39 is 16.0 Å². The summed E-state index contributed by atoms with van der Waals surface area (Å²) in [5.74, 6) is -0.726. The van der Waals surface area contributed by atoms with Gasteiger partial charge in [0.15, 0.2) is 0 Å². The van der Waals surface area contributed by atoms with Gasteiger partial charge in [-0.1, -0.05) is 34.8 Å². The smallest absolute Gasteiger partial charge is 0.264 e. The maximum atomic E-state index is 12.7. The van der Waals surface area contributed by atoms with Crippen LogP contribution in [-0.4, -0.2) is 13.4 Å². The first-order valence-electron chi connectivity index (χ1n) is 5.08. The number of benzene rings is 1. The van der Waals surface area contributed by atoms with Gasteiger partial charge in [-0.2, -0.15) is 4.39 Å². The average Bonchev–Trinajstić information content (AvgIpc) is 2.30. The largest absolute Gasteiger partial charge is 0.278 e. The van der Waals surface area contributed by atoms with Crippen LogP contribution < -0.4 is 4.72 Å². The number of nitrogens with zero attached hydrogens (tertiary/aromatic N) is 1. The second kappa shape index (κ2) is 5.73. The lowest BCUT2D eigenvalue weighted by molar-refractivity contribution is 0.583. The van der Waals surface area contributed by atoms with Crippen LogP contribution in [0.1, 0.15) is 0 Å². The molecule has 9 heteroatoms. The third-order valence-electron chi connectivity index (χ3n) is 2.21. The van der Waals surface area contributed by atoms with Gasteiger partial charge >= 0.3 is 0 Å². The van der Waals surface area contributed by atoms with Crippen molar-refractivity contribution in [2.24, 2.45) is 0 Å². The maximum absolute atomic E-state index is 12.7. The summed E-state index contributed by atoms with van der Waals surface area (Å²) < 4.78 is 39.3. The predicted molar refractivity (Wildman–Crippen MR) is 76.5 cm³/mol. The van der Waals surface area contributed by atoms with Gasteiger partial charge in [-0.15, -0.1) is 0 Å². The summed E-state index contributed by atoms with van der Waals surface area (Å²) in [5.41, 5.74) is 0.0773. The highest BCUT2D eigenvalue weighted by molar-refractivity contribution is 7.93. The van der Waals surface area contributed by atoms with Crippen molar-refractivity contribution in [1.82, 2.24) is 4.98 Å². The van der Waals surface area contributed by atoms with Gasteiger partial charge in [-0.25, -0.2) is 13.4 Å². The molecule has 106 valence electrons. The number of rotatable bonds is 3. The van der Waals surface area contributed by atoms with E-state index in [1.807, 2.05) is 0 Å². The van der Waals surface area contributed by atoms with Gasteiger partial charge in [0.05, 0.1) is 21.9 Å². The fourth-order valence-corrected chi connectivity index (χ4v) is 4.02. The Morgan fingerprint density at radius 1 is 1.10 bits per heavy atom. The zero-order valence-corrected chi connectivity index (χ0v) is 12.7. The minimum absolute atomic E-state index is 0.0773. The van der Waals surface area contributed by atoms with Crippen LogP contribution >= 0.6 is 34.8 Å². The third-order valence-corrected chi connectivity index (χ3v) is 4.73. The number of aromatic nitrogens is 1. The number of halogens is 4. The molecule has 0 atom stereocenters. The predicted octanol–water partition coefficient (Wildman–Crippen LogP) is 3.98. The highest BCUT2D eigenvalue weighted by Crippen LogP contribution is 2.33. The number of hydrogen-bond acceptors (Lipinski definition) is 3. The van der Waals surface area contributed by atoms with Crippen LogP contribution in [0.25, 0.3) is 0 Å². The molecule has 20 heavy (non-hydrogen) atoms. The van der Waals surface area contributed by atoms with Gasteiger partial charge in [0.2, 0.25) is 5.95 Å². The van der Waals surface area contributed by atoms with Crippen molar-refractivity contribution < 1.29 is 12.8 Å². The van der Waals surface area contributed by atoms with Crippen LogP contribution in [0.4, 0.5) is 10.1 Å². The molecule has 0 aliphatic rings.